The van der Waals surface area contributed by atoms with Crippen LogP contribution in [0.15, 0.2) is 35.0 Å². The van der Waals surface area contributed by atoms with Crippen LogP contribution < -0.4 is 5.32 Å². The first-order valence-electron chi connectivity index (χ1n) is 7.35. The van der Waals surface area contributed by atoms with E-state index in [1.807, 2.05) is 18.4 Å². The number of hydrogen-bond acceptors (Lipinski definition) is 4. The molecule has 0 aliphatic carbocycles. The van der Waals surface area contributed by atoms with Crippen LogP contribution in [0.3, 0.4) is 0 Å². The minimum Gasteiger partial charge on any atom is -0.350 e. The van der Waals surface area contributed by atoms with Crippen molar-refractivity contribution < 1.29 is 4.79 Å². The number of rotatable bonds is 5. The molecular formula is C16H20N2OS2. The lowest BCUT2D eigenvalue weighted by atomic mass is 10.1. The van der Waals surface area contributed by atoms with Gasteiger partial charge < -0.3 is 5.32 Å². The summed E-state index contributed by atoms with van der Waals surface area (Å²) in [7, 11) is 0. The number of nitrogens with one attached hydrogen (secondary N) is 1. The highest BCUT2D eigenvalue weighted by Gasteiger charge is 2.33. The van der Waals surface area contributed by atoms with Crippen LogP contribution in [0.5, 0.6) is 0 Å². The largest absolute Gasteiger partial charge is 0.350 e. The van der Waals surface area contributed by atoms with Crippen molar-refractivity contribution in [3.05, 3.63) is 44.8 Å². The first-order valence-corrected chi connectivity index (χ1v) is 9.11. The van der Waals surface area contributed by atoms with Crippen LogP contribution in [-0.4, -0.2) is 23.4 Å². The van der Waals surface area contributed by atoms with Gasteiger partial charge in [0.05, 0.1) is 12.6 Å². The van der Waals surface area contributed by atoms with E-state index in [-0.39, 0.29) is 11.9 Å². The average molecular weight is 320 g/mol. The highest BCUT2D eigenvalue weighted by atomic mass is 32.1. The van der Waals surface area contributed by atoms with Gasteiger partial charge in [-0.25, -0.2) is 0 Å². The second-order valence-electron chi connectivity index (χ2n) is 5.38. The van der Waals surface area contributed by atoms with Gasteiger partial charge in [0.2, 0.25) is 5.91 Å². The molecule has 0 bridgehead atoms. The van der Waals surface area contributed by atoms with E-state index in [1.165, 1.54) is 16.2 Å². The molecule has 5 heteroatoms. The second-order valence-corrected chi connectivity index (χ2v) is 7.40. The third-order valence-electron chi connectivity index (χ3n) is 4.06. The lowest BCUT2D eigenvalue weighted by Gasteiger charge is -2.29. The molecule has 3 heterocycles. The number of likely N-dealkylation sites (tertiary alicyclic amines) is 1. The summed E-state index contributed by atoms with van der Waals surface area (Å²) in [6.07, 6.45) is 2.33. The standard InChI is InChI=1S/C16H20N2OS2/c1-12(16(19)17-11-13-5-3-9-20-13)18-8-2-6-14(18)15-7-4-10-21-15/h3-5,7,9-10,12,14H,2,6,8,11H2,1H3,(H,17,19). The minimum absolute atomic E-state index is 0.0698. The van der Waals surface area contributed by atoms with E-state index < -0.39 is 0 Å². The average Bonchev–Trinajstić information content (AvgIpc) is 3.25. The number of carbonyl (C=O) groups excluding carboxylic acids is 1. The second kappa shape index (κ2) is 6.73. The Morgan fingerprint density at radius 1 is 1.38 bits per heavy atom. The van der Waals surface area contributed by atoms with Gasteiger partial charge in [-0.05, 0) is 49.2 Å². The first-order chi connectivity index (χ1) is 10.3. The molecule has 1 amide bonds. The van der Waals surface area contributed by atoms with Gasteiger partial charge in [0.1, 0.15) is 0 Å². The molecule has 1 aliphatic heterocycles. The quantitative estimate of drug-likeness (QED) is 0.912. The third kappa shape index (κ3) is 3.36. The van der Waals surface area contributed by atoms with Gasteiger partial charge >= 0.3 is 0 Å². The summed E-state index contributed by atoms with van der Waals surface area (Å²) in [6.45, 7) is 3.67. The van der Waals surface area contributed by atoms with Crippen molar-refractivity contribution in [3.63, 3.8) is 0 Å². The topological polar surface area (TPSA) is 32.3 Å². The van der Waals surface area contributed by atoms with Crippen molar-refractivity contribution in [1.29, 1.82) is 0 Å². The van der Waals surface area contributed by atoms with Crippen LogP contribution >= 0.6 is 22.7 Å². The van der Waals surface area contributed by atoms with Crippen molar-refractivity contribution in [2.45, 2.75) is 38.4 Å². The Morgan fingerprint density at radius 3 is 2.90 bits per heavy atom. The monoisotopic (exact) mass is 320 g/mol. The predicted octanol–water partition coefficient (Wildman–Crippen LogP) is 3.65. The molecular weight excluding hydrogens is 300 g/mol. The lowest BCUT2D eigenvalue weighted by Crippen LogP contribution is -2.44. The van der Waals surface area contributed by atoms with E-state index in [0.29, 0.717) is 12.6 Å². The van der Waals surface area contributed by atoms with E-state index >= 15 is 0 Å². The maximum atomic E-state index is 12.4. The highest BCUT2D eigenvalue weighted by molar-refractivity contribution is 7.10. The molecule has 3 nitrogen and oxygen atoms in total. The zero-order valence-electron chi connectivity index (χ0n) is 12.1. The van der Waals surface area contributed by atoms with E-state index in [4.69, 9.17) is 0 Å². The highest BCUT2D eigenvalue weighted by Crippen LogP contribution is 2.35. The molecule has 0 radical (unpaired) electrons. The predicted molar refractivity (Wildman–Crippen MR) is 88.6 cm³/mol. The molecule has 1 fully saturated rings. The van der Waals surface area contributed by atoms with Crippen LogP contribution in [0.2, 0.25) is 0 Å². The van der Waals surface area contributed by atoms with Crippen LogP contribution in [0.4, 0.5) is 0 Å². The molecule has 2 unspecified atom stereocenters. The number of nitrogens with zero attached hydrogens (tertiary/aromatic N) is 1. The molecule has 3 rings (SSSR count). The molecule has 0 aromatic carbocycles. The summed E-state index contributed by atoms with van der Waals surface area (Å²) in [5.41, 5.74) is 0. The van der Waals surface area contributed by atoms with Crippen molar-refractivity contribution >= 4 is 28.6 Å². The first kappa shape index (κ1) is 14.8. The fraction of sp³-hybridized carbons (Fsp3) is 0.438. The summed E-state index contributed by atoms with van der Waals surface area (Å²) in [5, 5.41) is 7.22. The van der Waals surface area contributed by atoms with Crippen LogP contribution in [0.1, 0.15) is 35.6 Å². The van der Waals surface area contributed by atoms with Crippen molar-refractivity contribution in [2.24, 2.45) is 0 Å². The van der Waals surface area contributed by atoms with Crippen LogP contribution in [-0.2, 0) is 11.3 Å². The van der Waals surface area contributed by atoms with Gasteiger partial charge in [-0.1, -0.05) is 12.1 Å². The summed E-state index contributed by atoms with van der Waals surface area (Å²) < 4.78 is 0. The van der Waals surface area contributed by atoms with Gasteiger partial charge in [0, 0.05) is 15.8 Å². The molecule has 1 saturated heterocycles. The summed E-state index contributed by atoms with van der Waals surface area (Å²) in [4.78, 5) is 17.3. The Kier molecular flexibility index (Phi) is 4.73. The smallest absolute Gasteiger partial charge is 0.237 e. The molecule has 2 aromatic rings. The fourth-order valence-electron chi connectivity index (χ4n) is 2.92. The normalized spacial score (nSPS) is 20.5. The van der Waals surface area contributed by atoms with E-state index in [1.54, 1.807) is 22.7 Å². The summed E-state index contributed by atoms with van der Waals surface area (Å²) >= 11 is 3.47. The summed E-state index contributed by atoms with van der Waals surface area (Å²) in [5.74, 6) is 0.131. The van der Waals surface area contributed by atoms with Crippen molar-refractivity contribution in [3.8, 4) is 0 Å². The zero-order chi connectivity index (χ0) is 14.7. The molecule has 2 atom stereocenters. The Bertz CT molecular complexity index is 565. The zero-order valence-corrected chi connectivity index (χ0v) is 13.8. The molecule has 112 valence electrons. The molecule has 0 saturated carbocycles. The Balaban J connectivity index is 1.60. The maximum absolute atomic E-state index is 12.4. The Labute approximate surface area is 133 Å². The molecule has 21 heavy (non-hydrogen) atoms. The maximum Gasteiger partial charge on any atom is 0.237 e. The van der Waals surface area contributed by atoms with E-state index in [0.717, 1.165) is 13.0 Å². The van der Waals surface area contributed by atoms with Crippen LogP contribution in [0, 0.1) is 0 Å². The number of hydrogen-bond donors (Lipinski definition) is 1. The van der Waals surface area contributed by atoms with Gasteiger partial charge in [0.15, 0.2) is 0 Å². The van der Waals surface area contributed by atoms with Gasteiger partial charge in [-0.3, -0.25) is 9.69 Å². The van der Waals surface area contributed by atoms with Gasteiger partial charge in [-0.2, -0.15) is 0 Å². The lowest BCUT2D eigenvalue weighted by molar-refractivity contribution is -0.126. The Hall–Kier alpha value is -1.17. The summed E-state index contributed by atoms with van der Waals surface area (Å²) in [6, 6.07) is 8.69. The van der Waals surface area contributed by atoms with Gasteiger partial charge in [0.25, 0.3) is 0 Å². The van der Waals surface area contributed by atoms with E-state index in [2.05, 4.69) is 33.8 Å². The third-order valence-corrected chi connectivity index (χ3v) is 5.91. The van der Waals surface area contributed by atoms with E-state index in [9.17, 15) is 4.79 Å². The fourth-order valence-corrected chi connectivity index (χ4v) is 4.45. The number of amides is 1. The number of carbonyl (C=O) groups is 1. The van der Waals surface area contributed by atoms with Crippen molar-refractivity contribution in [1.82, 2.24) is 10.2 Å². The van der Waals surface area contributed by atoms with Crippen molar-refractivity contribution in [2.75, 3.05) is 6.54 Å². The van der Waals surface area contributed by atoms with Crippen LogP contribution in [0.25, 0.3) is 0 Å². The molecule has 1 aliphatic rings. The Morgan fingerprint density at radius 2 is 2.19 bits per heavy atom. The minimum atomic E-state index is -0.0698. The van der Waals surface area contributed by atoms with Gasteiger partial charge in [-0.15, -0.1) is 22.7 Å². The molecule has 1 N–H and O–H groups in total. The number of thiophene rings is 2. The molecule has 2 aromatic heterocycles. The SMILES string of the molecule is CC(C(=O)NCc1cccs1)N1CCCC1c1cccs1. The molecule has 0 spiro atoms.